The van der Waals surface area contributed by atoms with E-state index in [1.54, 1.807) is 31.7 Å². The summed E-state index contributed by atoms with van der Waals surface area (Å²) in [6.45, 7) is 7.97. The largest absolute Gasteiger partial charge is 0.481 e. The number of amides is 1. The van der Waals surface area contributed by atoms with E-state index in [4.69, 9.17) is 5.11 Å². The van der Waals surface area contributed by atoms with Gasteiger partial charge in [0, 0.05) is 6.54 Å². The van der Waals surface area contributed by atoms with Crippen LogP contribution in [-0.2, 0) is 22.7 Å². The summed E-state index contributed by atoms with van der Waals surface area (Å²) in [4.78, 5) is 23.2. The van der Waals surface area contributed by atoms with Gasteiger partial charge in [-0.05, 0) is 12.3 Å². The summed E-state index contributed by atoms with van der Waals surface area (Å²) in [6, 6.07) is 0. The summed E-state index contributed by atoms with van der Waals surface area (Å²) < 4.78 is 1.78. The third kappa shape index (κ3) is 3.77. The number of carboxylic acid groups (broad SMARTS) is 1. The minimum Gasteiger partial charge on any atom is -0.481 e. The van der Waals surface area contributed by atoms with E-state index in [2.05, 4.69) is 15.5 Å². The zero-order chi connectivity index (χ0) is 14.6. The Morgan fingerprint density at radius 1 is 1.47 bits per heavy atom. The van der Waals surface area contributed by atoms with E-state index in [-0.39, 0.29) is 6.54 Å². The highest BCUT2D eigenvalue weighted by atomic mass is 16.4. The first-order chi connectivity index (χ1) is 8.77. The van der Waals surface area contributed by atoms with E-state index in [1.807, 2.05) is 6.92 Å². The molecule has 2 N–H and O–H groups in total. The molecule has 0 aliphatic heterocycles. The molecule has 1 aromatic heterocycles. The third-order valence-corrected chi connectivity index (χ3v) is 2.83. The number of hydrogen-bond donors (Lipinski definition) is 2. The van der Waals surface area contributed by atoms with Crippen molar-refractivity contribution >= 4 is 11.9 Å². The van der Waals surface area contributed by atoms with Gasteiger partial charge in [-0.3, -0.25) is 9.59 Å². The second kappa shape index (κ2) is 5.81. The summed E-state index contributed by atoms with van der Waals surface area (Å²) >= 11 is 0. The van der Waals surface area contributed by atoms with Crippen LogP contribution in [-0.4, -0.2) is 31.7 Å². The van der Waals surface area contributed by atoms with Crippen molar-refractivity contribution in [2.75, 3.05) is 0 Å². The molecule has 1 heterocycles. The Kier molecular flexibility index (Phi) is 4.63. The van der Waals surface area contributed by atoms with E-state index in [0.29, 0.717) is 12.4 Å². The van der Waals surface area contributed by atoms with E-state index < -0.39 is 23.2 Å². The average Bonchev–Trinajstić information content (AvgIpc) is 2.70. The van der Waals surface area contributed by atoms with Gasteiger partial charge in [-0.2, -0.15) is 0 Å². The van der Waals surface area contributed by atoms with Crippen molar-refractivity contribution in [2.45, 2.75) is 40.8 Å². The van der Waals surface area contributed by atoms with Crippen molar-refractivity contribution in [2.24, 2.45) is 11.3 Å². The Morgan fingerprint density at radius 2 is 2.11 bits per heavy atom. The van der Waals surface area contributed by atoms with E-state index in [1.165, 1.54) is 0 Å². The summed E-state index contributed by atoms with van der Waals surface area (Å²) in [5, 5.41) is 19.4. The molecule has 1 atom stereocenters. The number of carbonyl (C=O) groups is 2. The van der Waals surface area contributed by atoms with Gasteiger partial charge in [0.2, 0.25) is 5.91 Å². The highest BCUT2D eigenvalue weighted by Crippen LogP contribution is 2.26. The highest BCUT2D eigenvalue weighted by Gasteiger charge is 2.37. The van der Waals surface area contributed by atoms with E-state index in [0.717, 1.165) is 0 Å². The lowest BCUT2D eigenvalue weighted by atomic mass is 9.80. The number of hydrogen-bond acceptors (Lipinski definition) is 4. The fourth-order valence-corrected chi connectivity index (χ4v) is 1.82. The van der Waals surface area contributed by atoms with Gasteiger partial charge < -0.3 is 15.0 Å². The molecule has 0 spiro atoms. The zero-order valence-corrected chi connectivity index (χ0v) is 11.7. The maximum Gasteiger partial charge on any atom is 0.316 e. The Labute approximate surface area is 112 Å². The van der Waals surface area contributed by atoms with Crippen LogP contribution in [0.5, 0.6) is 0 Å². The molecule has 1 amide bonds. The maximum absolute atomic E-state index is 12.0. The van der Waals surface area contributed by atoms with Gasteiger partial charge in [0.15, 0.2) is 5.82 Å². The van der Waals surface area contributed by atoms with Gasteiger partial charge in [0.05, 0.1) is 6.54 Å². The smallest absolute Gasteiger partial charge is 0.316 e. The second-order valence-corrected chi connectivity index (χ2v) is 5.39. The van der Waals surface area contributed by atoms with Crippen molar-refractivity contribution in [3.63, 3.8) is 0 Å². The predicted octanol–water partition coefficient (Wildman–Crippen LogP) is 0.661. The van der Waals surface area contributed by atoms with Crippen LogP contribution >= 0.6 is 0 Å². The van der Waals surface area contributed by atoms with Crippen LogP contribution in [0.4, 0.5) is 0 Å². The molecule has 0 aliphatic carbocycles. The topological polar surface area (TPSA) is 97.1 Å². The Bertz CT molecular complexity index is 462. The number of aromatic nitrogens is 3. The van der Waals surface area contributed by atoms with Crippen molar-refractivity contribution < 1.29 is 14.7 Å². The number of aryl methyl sites for hydroxylation is 1. The standard InChI is InChI=1S/C12H20N4O3/c1-5-16-7-14-15-8(16)6-13-10(17)9(11(18)19)12(2,3)4/h7,9H,5-6H2,1-4H3,(H,13,17)(H,18,19). The Hall–Kier alpha value is -1.92. The summed E-state index contributed by atoms with van der Waals surface area (Å²) in [5.74, 6) is -2.12. The Balaban J connectivity index is 2.71. The molecule has 1 aromatic rings. The van der Waals surface area contributed by atoms with Crippen molar-refractivity contribution in [1.82, 2.24) is 20.1 Å². The van der Waals surface area contributed by atoms with Crippen molar-refractivity contribution in [1.29, 1.82) is 0 Å². The van der Waals surface area contributed by atoms with E-state index in [9.17, 15) is 9.59 Å². The molecular weight excluding hydrogens is 248 g/mol. The van der Waals surface area contributed by atoms with Crippen LogP contribution in [0.3, 0.4) is 0 Å². The molecule has 1 rings (SSSR count). The fraction of sp³-hybridized carbons (Fsp3) is 0.667. The third-order valence-electron chi connectivity index (χ3n) is 2.83. The number of nitrogens with one attached hydrogen (secondary N) is 1. The van der Waals surface area contributed by atoms with Crippen LogP contribution in [0.25, 0.3) is 0 Å². The molecule has 19 heavy (non-hydrogen) atoms. The number of carbonyl (C=O) groups excluding carboxylic acids is 1. The molecule has 0 saturated carbocycles. The number of aliphatic carboxylic acids is 1. The summed E-state index contributed by atoms with van der Waals surface area (Å²) in [5.41, 5.74) is -0.644. The quantitative estimate of drug-likeness (QED) is 0.765. The molecule has 0 radical (unpaired) electrons. The van der Waals surface area contributed by atoms with Crippen LogP contribution in [0, 0.1) is 11.3 Å². The molecule has 7 heteroatoms. The van der Waals surface area contributed by atoms with Gasteiger partial charge in [-0.25, -0.2) is 0 Å². The maximum atomic E-state index is 12.0. The minimum absolute atomic E-state index is 0.173. The highest BCUT2D eigenvalue weighted by molar-refractivity contribution is 5.97. The summed E-state index contributed by atoms with van der Waals surface area (Å²) in [6.07, 6.45) is 1.57. The normalized spacial score (nSPS) is 13.1. The van der Waals surface area contributed by atoms with Gasteiger partial charge in [-0.1, -0.05) is 20.8 Å². The first-order valence-electron chi connectivity index (χ1n) is 6.14. The lowest BCUT2D eigenvalue weighted by Crippen LogP contribution is -2.42. The number of carboxylic acids is 1. The summed E-state index contributed by atoms with van der Waals surface area (Å²) in [7, 11) is 0. The molecular formula is C12H20N4O3. The SMILES string of the molecule is CCn1cnnc1CNC(=O)C(C(=O)O)C(C)(C)C. The van der Waals surface area contributed by atoms with Crippen LogP contribution < -0.4 is 5.32 Å². The molecule has 0 bridgehead atoms. The van der Waals surface area contributed by atoms with Gasteiger partial charge in [0.1, 0.15) is 12.2 Å². The van der Waals surface area contributed by atoms with E-state index >= 15 is 0 Å². The first-order valence-corrected chi connectivity index (χ1v) is 6.14. The fourth-order valence-electron chi connectivity index (χ4n) is 1.82. The molecule has 0 fully saturated rings. The van der Waals surface area contributed by atoms with Crippen LogP contribution in [0.1, 0.15) is 33.5 Å². The van der Waals surface area contributed by atoms with Gasteiger partial charge in [0.25, 0.3) is 0 Å². The number of nitrogens with zero attached hydrogens (tertiary/aromatic N) is 3. The lowest BCUT2D eigenvalue weighted by Gasteiger charge is -2.25. The lowest BCUT2D eigenvalue weighted by molar-refractivity contribution is -0.151. The van der Waals surface area contributed by atoms with Gasteiger partial charge >= 0.3 is 5.97 Å². The van der Waals surface area contributed by atoms with Gasteiger partial charge in [-0.15, -0.1) is 10.2 Å². The van der Waals surface area contributed by atoms with Crippen molar-refractivity contribution in [3.8, 4) is 0 Å². The van der Waals surface area contributed by atoms with Crippen molar-refractivity contribution in [3.05, 3.63) is 12.2 Å². The minimum atomic E-state index is -1.12. The Morgan fingerprint density at radius 3 is 2.58 bits per heavy atom. The van der Waals surface area contributed by atoms with Crippen LogP contribution in [0.15, 0.2) is 6.33 Å². The monoisotopic (exact) mass is 268 g/mol. The predicted molar refractivity (Wildman–Crippen MR) is 68.1 cm³/mol. The van der Waals surface area contributed by atoms with Crippen LogP contribution in [0.2, 0.25) is 0 Å². The molecule has 0 aliphatic rings. The number of rotatable bonds is 5. The molecule has 106 valence electrons. The molecule has 7 nitrogen and oxygen atoms in total. The zero-order valence-electron chi connectivity index (χ0n) is 11.7. The molecule has 0 saturated heterocycles. The molecule has 1 unspecified atom stereocenters. The molecule has 0 aromatic carbocycles. The first kappa shape index (κ1) is 15.1. The average molecular weight is 268 g/mol. The second-order valence-electron chi connectivity index (χ2n) is 5.39.